The van der Waals surface area contributed by atoms with E-state index in [2.05, 4.69) is 15.9 Å². The molecule has 4 nitrogen and oxygen atoms in total. The largest absolute Gasteiger partial charge is 0.295 e. The summed E-state index contributed by atoms with van der Waals surface area (Å²) in [7, 11) is 0. The van der Waals surface area contributed by atoms with Crippen molar-refractivity contribution in [2.75, 3.05) is 0 Å². The van der Waals surface area contributed by atoms with Gasteiger partial charge in [-0.3, -0.25) is 4.79 Å². The Morgan fingerprint density at radius 2 is 1.90 bits per heavy atom. The molecule has 0 aromatic heterocycles. The molecule has 0 heterocycles. The second-order valence-electron chi connectivity index (χ2n) is 4.52. The summed E-state index contributed by atoms with van der Waals surface area (Å²) in [5.74, 6) is 2.59. The van der Waals surface area contributed by atoms with Crippen LogP contribution in [0.25, 0.3) is 10.4 Å². The molecule has 0 N–H and O–H groups in total. The van der Waals surface area contributed by atoms with Crippen molar-refractivity contribution >= 4 is 5.78 Å². The van der Waals surface area contributed by atoms with E-state index in [0.29, 0.717) is 11.1 Å². The molecule has 0 aliphatic rings. The first-order chi connectivity index (χ1) is 10.2. The number of azide groups is 1. The van der Waals surface area contributed by atoms with Crippen LogP contribution in [0.15, 0.2) is 53.6 Å². The molecule has 0 saturated carbocycles. The van der Waals surface area contributed by atoms with Crippen molar-refractivity contribution in [2.24, 2.45) is 5.11 Å². The van der Waals surface area contributed by atoms with E-state index >= 15 is 0 Å². The number of nitrogens with zero attached hydrogens (tertiary/aromatic N) is 3. The Morgan fingerprint density at radius 1 is 1.24 bits per heavy atom. The number of hydrogen-bond donors (Lipinski definition) is 0. The number of rotatable bonds is 4. The zero-order valence-electron chi connectivity index (χ0n) is 11.5. The number of benzene rings is 2. The van der Waals surface area contributed by atoms with E-state index in [1.54, 1.807) is 30.3 Å². The molecule has 0 spiro atoms. The third-order valence-corrected chi connectivity index (χ3v) is 3.21. The quantitative estimate of drug-likeness (QED) is 0.270. The maximum Gasteiger partial charge on any atom is 0.159 e. The lowest BCUT2D eigenvalue weighted by molar-refractivity contribution is 0.101. The normalized spacial score (nSPS) is 11.0. The molecule has 102 valence electrons. The van der Waals surface area contributed by atoms with Gasteiger partial charge >= 0.3 is 0 Å². The van der Waals surface area contributed by atoms with Crippen molar-refractivity contribution in [3.63, 3.8) is 0 Å². The fraction of sp³-hybridized carbons (Fsp3) is 0.118. The number of terminal acetylenes is 1. The monoisotopic (exact) mass is 275 g/mol. The van der Waals surface area contributed by atoms with Crippen LogP contribution in [0.5, 0.6) is 0 Å². The molecule has 0 saturated heterocycles. The standard InChI is InChI=1S/C17H13N3O/c1-3-13-6-4-5-7-16(13)17(19-20-18)15-10-8-14(9-11-15)12(2)21/h1,4-11,17H,2H3. The molecule has 2 aromatic rings. The van der Waals surface area contributed by atoms with Gasteiger partial charge in [0.2, 0.25) is 0 Å². The Kier molecular flexibility index (Phi) is 4.40. The van der Waals surface area contributed by atoms with Crippen LogP contribution in [0.2, 0.25) is 0 Å². The van der Waals surface area contributed by atoms with Crippen LogP contribution >= 0.6 is 0 Å². The minimum atomic E-state index is -0.511. The summed E-state index contributed by atoms with van der Waals surface area (Å²) in [5.41, 5.74) is 11.7. The van der Waals surface area contributed by atoms with Crippen molar-refractivity contribution in [1.29, 1.82) is 0 Å². The molecule has 2 rings (SSSR count). The first-order valence-corrected chi connectivity index (χ1v) is 6.38. The molecule has 0 aliphatic heterocycles. The minimum Gasteiger partial charge on any atom is -0.295 e. The summed E-state index contributed by atoms with van der Waals surface area (Å²) in [6, 6.07) is 13.8. The van der Waals surface area contributed by atoms with Gasteiger partial charge in [-0.25, -0.2) is 0 Å². The van der Waals surface area contributed by atoms with Crippen LogP contribution in [0, 0.1) is 12.3 Å². The van der Waals surface area contributed by atoms with Gasteiger partial charge in [-0.2, -0.15) is 0 Å². The third-order valence-electron chi connectivity index (χ3n) is 3.21. The van der Waals surface area contributed by atoms with Crippen LogP contribution in [-0.2, 0) is 0 Å². The van der Waals surface area contributed by atoms with Crippen molar-refractivity contribution in [3.05, 3.63) is 81.2 Å². The summed E-state index contributed by atoms with van der Waals surface area (Å²) in [6.07, 6.45) is 5.50. The zero-order valence-corrected chi connectivity index (χ0v) is 11.5. The molecule has 4 heteroatoms. The third kappa shape index (κ3) is 3.11. The SMILES string of the molecule is C#Cc1ccccc1C(N=[N+]=[N-])c1ccc(C(C)=O)cc1. The lowest BCUT2D eigenvalue weighted by Gasteiger charge is -2.14. The summed E-state index contributed by atoms with van der Waals surface area (Å²) in [4.78, 5) is 14.2. The van der Waals surface area contributed by atoms with Gasteiger partial charge in [-0.05, 0) is 29.6 Å². The first kappa shape index (κ1) is 14.4. The molecule has 1 unspecified atom stereocenters. The van der Waals surface area contributed by atoms with Gasteiger partial charge in [0.15, 0.2) is 5.78 Å². The number of Topliss-reactive ketones (excluding diaryl/α,β-unsaturated/α-hetero) is 1. The van der Waals surface area contributed by atoms with E-state index in [4.69, 9.17) is 12.0 Å². The fourth-order valence-corrected chi connectivity index (χ4v) is 2.13. The second kappa shape index (κ2) is 6.42. The van der Waals surface area contributed by atoms with Gasteiger partial charge in [-0.1, -0.05) is 53.5 Å². The lowest BCUT2D eigenvalue weighted by atomic mass is 9.94. The van der Waals surface area contributed by atoms with Crippen molar-refractivity contribution in [2.45, 2.75) is 13.0 Å². The van der Waals surface area contributed by atoms with E-state index < -0.39 is 6.04 Å². The molecular formula is C17H13N3O. The molecule has 21 heavy (non-hydrogen) atoms. The summed E-state index contributed by atoms with van der Waals surface area (Å²) in [6.45, 7) is 1.51. The smallest absolute Gasteiger partial charge is 0.159 e. The van der Waals surface area contributed by atoms with Crippen molar-refractivity contribution in [3.8, 4) is 12.3 Å². The van der Waals surface area contributed by atoms with Crippen LogP contribution in [0.3, 0.4) is 0 Å². The molecule has 0 amide bonds. The topological polar surface area (TPSA) is 65.8 Å². The molecule has 0 aliphatic carbocycles. The highest BCUT2D eigenvalue weighted by atomic mass is 16.1. The van der Waals surface area contributed by atoms with Crippen LogP contribution < -0.4 is 0 Å². The Balaban J connectivity index is 2.51. The van der Waals surface area contributed by atoms with E-state index in [-0.39, 0.29) is 5.78 Å². The molecular weight excluding hydrogens is 262 g/mol. The van der Waals surface area contributed by atoms with Gasteiger partial charge in [0, 0.05) is 16.0 Å². The Bertz CT molecular complexity index is 750. The predicted molar refractivity (Wildman–Crippen MR) is 81.8 cm³/mol. The van der Waals surface area contributed by atoms with E-state index in [0.717, 1.165) is 11.1 Å². The summed E-state index contributed by atoms with van der Waals surface area (Å²) >= 11 is 0. The van der Waals surface area contributed by atoms with Gasteiger partial charge in [0.05, 0.1) is 6.04 Å². The van der Waals surface area contributed by atoms with Crippen molar-refractivity contribution < 1.29 is 4.79 Å². The van der Waals surface area contributed by atoms with Gasteiger partial charge in [0.1, 0.15) is 0 Å². The highest BCUT2D eigenvalue weighted by Gasteiger charge is 2.15. The minimum absolute atomic E-state index is 0.00842. The van der Waals surface area contributed by atoms with Gasteiger partial charge in [0.25, 0.3) is 0 Å². The van der Waals surface area contributed by atoms with Crippen LogP contribution in [0.1, 0.15) is 40.0 Å². The van der Waals surface area contributed by atoms with Gasteiger partial charge in [-0.15, -0.1) is 6.42 Å². The van der Waals surface area contributed by atoms with Crippen molar-refractivity contribution in [1.82, 2.24) is 0 Å². The molecule has 1 atom stereocenters. The summed E-state index contributed by atoms with van der Waals surface area (Å²) in [5, 5.41) is 3.85. The molecule has 0 bridgehead atoms. The number of carbonyl (C=O) groups is 1. The maximum absolute atomic E-state index is 11.3. The fourth-order valence-electron chi connectivity index (χ4n) is 2.13. The highest BCUT2D eigenvalue weighted by Crippen LogP contribution is 2.29. The lowest BCUT2D eigenvalue weighted by Crippen LogP contribution is -2.01. The van der Waals surface area contributed by atoms with Gasteiger partial charge < -0.3 is 0 Å². The Labute approximate surface area is 123 Å². The Morgan fingerprint density at radius 3 is 2.48 bits per heavy atom. The second-order valence-corrected chi connectivity index (χ2v) is 4.52. The Hall–Kier alpha value is -3.02. The summed E-state index contributed by atoms with van der Waals surface area (Å²) < 4.78 is 0. The molecule has 0 fully saturated rings. The number of carbonyl (C=O) groups excluding carboxylic acids is 1. The highest BCUT2D eigenvalue weighted by molar-refractivity contribution is 5.94. The first-order valence-electron chi connectivity index (χ1n) is 6.38. The van der Waals surface area contributed by atoms with Crippen LogP contribution in [-0.4, -0.2) is 5.78 Å². The molecule has 2 aromatic carbocycles. The van der Waals surface area contributed by atoms with E-state index in [9.17, 15) is 4.79 Å². The molecule has 0 radical (unpaired) electrons. The van der Waals surface area contributed by atoms with E-state index in [1.807, 2.05) is 18.2 Å². The maximum atomic E-state index is 11.3. The zero-order chi connectivity index (χ0) is 15.2. The average Bonchev–Trinajstić information content (AvgIpc) is 2.52. The number of hydrogen-bond acceptors (Lipinski definition) is 2. The van der Waals surface area contributed by atoms with E-state index in [1.165, 1.54) is 6.92 Å². The average molecular weight is 275 g/mol. The number of ketones is 1. The predicted octanol–water partition coefficient (Wildman–Crippen LogP) is 4.27. The van der Waals surface area contributed by atoms with Crippen LogP contribution in [0.4, 0.5) is 0 Å².